The van der Waals surface area contributed by atoms with E-state index in [-0.39, 0.29) is 5.75 Å². The van der Waals surface area contributed by atoms with E-state index in [0.717, 1.165) is 10.7 Å². The molecule has 0 fully saturated rings. The van der Waals surface area contributed by atoms with Crippen LogP contribution in [0.2, 0.25) is 0 Å². The molecular formula is C13H10F3N3OS. The van der Waals surface area contributed by atoms with Crippen LogP contribution in [0.4, 0.5) is 18.9 Å². The van der Waals surface area contributed by atoms with E-state index in [2.05, 4.69) is 15.0 Å². The van der Waals surface area contributed by atoms with Crippen LogP contribution in [0.3, 0.4) is 0 Å². The first-order valence-electron chi connectivity index (χ1n) is 6.00. The molecule has 8 heteroatoms. The van der Waals surface area contributed by atoms with Gasteiger partial charge in [0.25, 0.3) is 0 Å². The molecular weight excluding hydrogens is 303 g/mol. The lowest BCUT2D eigenvalue weighted by molar-refractivity contribution is -0.274. The minimum Gasteiger partial charge on any atom is -0.406 e. The standard InChI is InChI=1S/C13H10F3N3OS/c14-13(15,16)20-11-3-1-9(2-4-11)17-7-10-8-19-5-6-21-12(19)18-10/h1-6,8,17H,7H2. The van der Waals surface area contributed by atoms with Crippen LogP contribution in [0.25, 0.3) is 4.96 Å². The maximum atomic E-state index is 12.0. The van der Waals surface area contributed by atoms with E-state index < -0.39 is 6.36 Å². The lowest BCUT2D eigenvalue weighted by atomic mass is 10.3. The van der Waals surface area contributed by atoms with Gasteiger partial charge in [0.05, 0.1) is 12.2 Å². The number of ether oxygens (including phenoxy) is 1. The fourth-order valence-corrected chi connectivity index (χ4v) is 2.55. The Bertz CT molecular complexity index is 705. The molecule has 0 unspecified atom stereocenters. The van der Waals surface area contributed by atoms with E-state index in [1.165, 1.54) is 35.6 Å². The molecule has 0 saturated carbocycles. The second-order valence-electron chi connectivity index (χ2n) is 4.25. The first-order valence-corrected chi connectivity index (χ1v) is 6.88. The van der Waals surface area contributed by atoms with E-state index in [1.54, 1.807) is 0 Å². The molecule has 0 aliphatic rings. The summed E-state index contributed by atoms with van der Waals surface area (Å²) in [7, 11) is 0. The van der Waals surface area contributed by atoms with Crippen LogP contribution in [0.1, 0.15) is 5.69 Å². The summed E-state index contributed by atoms with van der Waals surface area (Å²) in [5.74, 6) is -0.240. The van der Waals surface area contributed by atoms with Crippen LogP contribution in [-0.4, -0.2) is 15.7 Å². The molecule has 110 valence electrons. The minimum absolute atomic E-state index is 0.240. The lowest BCUT2D eigenvalue weighted by Gasteiger charge is -2.09. The van der Waals surface area contributed by atoms with Crippen molar-refractivity contribution in [2.45, 2.75) is 12.9 Å². The number of halogens is 3. The number of thiazole rings is 1. The molecule has 2 aromatic heterocycles. The fourth-order valence-electron chi connectivity index (χ4n) is 1.83. The second-order valence-corrected chi connectivity index (χ2v) is 5.12. The van der Waals surface area contributed by atoms with E-state index >= 15 is 0 Å². The maximum Gasteiger partial charge on any atom is 0.573 e. The Morgan fingerprint density at radius 3 is 2.67 bits per heavy atom. The third-order valence-electron chi connectivity index (χ3n) is 2.70. The van der Waals surface area contributed by atoms with Crippen molar-refractivity contribution in [3.8, 4) is 5.75 Å². The topological polar surface area (TPSA) is 38.6 Å². The van der Waals surface area contributed by atoms with Gasteiger partial charge in [0.2, 0.25) is 0 Å². The third kappa shape index (κ3) is 3.46. The van der Waals surface area contributed by atoms with Crippen LogP contribution in [0.5, 0.6) is 5.75 Å². The Kier molecular flexibility index (Phi) is 3.46. The van der Waals surface area contributed by atoms with Gasteiger partial charge >= 0.3 is 6.36 Å². The predicted molar refractivity (Wildman–Crippen MR) is 73.5 cm³/mol. The van der Waals surface area contributed by atoms with Crippen LogP contribution in [0, 0.1) is 0 Å². The number of hydrogen-bond acceptors (Lipinski definition) is 4. The highest BCUT2D eigenvalue weighted by molar-refractivity contribution is 7.15. The highest BCUT2D eigenvalue weighted by Crippen LogP contribution is 2.24. The van der Waals surface area contributed by atoms with Gasteiger partial charge in [-0.15, -0.1) is 24.5 Å². The number of imidazole rings is 1. The number of rotatable bonds is 4. The molecule has 0 aliphatic heterocycles. The number of hydrogen-bond donors (Lipinski definition) is 1. The van der Waals surface area contributed by atoms with Crippen molar-refractivity contribution in [3.63, 3.8) is 0 Å². The van der Waals surface area contributed by atoms with Gasteiger partial charge in [-0.25, -0.2) is 4.98 Å². The first kappa shape index (κ1) is 13.7. The zero-order valence-electron chi connectivity index (χ0n) is 10.6. The number of benzene rings is 1. The van der Waals surface area contributed by atoms with E-state index in [4.69, 9.17) is 0 Å². The predicted octanol–water partition coefficient (Wildman–Crippen LogP) is 3.91. The van der Waals surface area contributed by atoms with Crippen molar-refractivity contribution >= 4 is 22.0 Å². The van der Waals surface area contributed by atoms with Crippen LogP contribution in [0.15, 0.2) is 42.0 Å². The van der Waals surface area contributed by atoms with Crippen molar-refractivity contribution in [1.29, 1.82) is 0 Å². The normalized spacial score (nSPS) is 11.8. The molecule has 2 heterocycles. The molecule has 0 saturated heterocycles. The molecule has 0 amide bonds. The highest BCUT2D eigenvalue weighted by Gasteiger charge is 2.30. The van der Waals surface area contributed by atoms with Gasteiger partial charge in [-0.3, -0.25) is 4.40 Å². The second kappa shape index (κ2) is 5.28. The van der Waals surface area contributed by atoms with Crippen LogP contribution >= 0.6 is 11.3 Å². The summed E-state index contributed by atoms with van der Waals surface area (Å²) in [6, 6.07) is 5.59. The van der Waals surface area contributed by atoms with Crippen LogP contribution < -0.4 is 10.1 Å². The van der Waals surface area contributed by atoms with Gasteiger partial charge in [-0.1, -0.05) is 0 Å². The van der Waals surface area contributed by atoms with Crippen molar-refractivity contribution < 1.29 is 17.9 Å². The van der Waals surface area contributed by atoms with Crippen molar-refractivity contribution in [2.24, 2.45) is 0 Å². The molecule has 0 spiro atoms. The average Bonchev–Trinajstić information content (AvgIpc) is 2.96. The van der Waals surface area contributed by atoms with E-state index in [9.17, 15) is 13.2 Å². The van der Waals surface area contributed by atoms with Crippen molar-refractivity contribution in [2.75, 3.05) is 5.32 Å². The Morgan fingerprint density at radius 2 is 2.00 bits per heavy atom. The fraction of sp³-hybridized carbons (Fsp3) is 0.154. The van der Waals surface area contributed by atoms with E-state index in [1.807, 2.05) is 22.2 Å². The molecule has 4 nitrogen and oxygen atoms in total. The molecule has 0 aliphatic carbocycles. The smallest absolute Gasteiger partial charge is 0.406 e. The Balaban J connectivity index is 1.61. The molecule has 1 aromatic carbocycles. The SMILES string of the molecule is FC(F)(F)Oc1ccc(NCc2cn3ccsc3n2)cc1. The molecule has 0 atom stereocenters. The Morgan fingerprint density at radius 1 is 1.24 bits per heavy atom. The van der Waals surface area contributed by atoms with Gasteiger partial charge in [0.15, 0.2) is 4.96 Å². The first-order chi connectivity index (χ1) is 9.99. The Hall–Kier alpha value is -2.22. The van der Waals surface area contributed by atoms with Gasteiger partial charge < -0.3 is 10.1 Å². The van der Waals surface area contributed by atoms with Gasteiger partial charge in [-0.05, 0) is 24.3 Å². The quantitative estimate of drug-likeness (QED) is 0.794. The maximum absolute atomic E-state index is 12.0. The molecule has 21 heavy (non-hydrogen) atoms. The summed E-state index contributed by atoms with van der Waals surface area (Å²) < 4.78 is 41.8. The van der Waals surface area contributed by atoms with Gasteiger partial charge in [0, 0.05) is 23.5 Å². The molecule has 0 bridgehead atoms. The van der Waals surface area contributed by atoms with Gasteiger partial charge in [-0.2, -0.15) is 0 Å². The highest BCUT2D eigenvalue weighted by atomic mass is 32.1. The minimum atomic E-state index is -4.67. The number of fused-ring (bicyclic) bond motifs is 1. The Labute approximate surface area is 121 Å². The molecule has 0 radical (unpaired) electrons. The number of nitrogens with one attached hydrogen (secondary N) is 1. The monoisotopic (exact) mass is 313 g/mol. The average molecular weight is 313 g/mol. The summed E-state index contributed by atoms with van der Waals surface area (Å²) >= 11 is 1.54. The number of anilines is 1. The van der Waals surface area contributed by atoms with Crippen molar-refractivity contribution in [1.82, 2.24) is 9.38 Å². The van der Waals surface area contributed by atoms with Gasteiger partial charge in [0.1, 0.15) is 5.75 Å². The number of alkyl halides is 3. The molecule has 3 aromatic rings. The van der Waals surface area contributed by atoms with Crippen LogP contribution in [-0.2, 0) is 6.54 Å². The lowest BCUT2D eigenvalue weighted by Crippen LogP contribution is -2.17. The summed E-state index contributed by atoms with van der Waals surface area (Å²) in [5, 5.41) is 5.04. The number of nitrogens with zero attached hydrogens (tertiary/aromatic N) is 2. The molecule has 1 N–H and O–H groups in total. The largest absolute Gasteiger partial charge is 0.573 e. The molecule has 3 rings (SSSR count). The summed E-state index contributed by atoms with van der Waals surface area (Å²) in [6.07, 6.45) is -0.850. The summed E-state index contributed by atoms with van der Waals surface area (Å²) in [6.45, 7) is 0.494. The summed E-state index contributed by atoms with van der Waals surface area (Å²) in [5.41, 5.74) is 1.55. The zero-order chi connectivity index (χ0) is 14.9. The zero-order valence-corrected chi connectivity index (χ0v) is 11.4. The van der Waals surface area contributed by atoms with Crippen molar-refractivity contribution in [3.05, 3.63) is 47.7 Å². The number of aromatic nitrogens is 2. The van der Waals surface area contributed by atoms with E-state index in [0.29, 0.717) is 12.2 Å². The third-order valence-corrected chi connectivity index (χ3v) is 3.48. The summed E-state index contributed by atoms with van der Waals surface area (Å²) in [4.78, 5) is 5.30.